The minimum Gasteiger partial charge on any atom is -0.497 e. The number of rotatable bonds is 4. The number of hydrogen-bond donors (Lipinski definition) is 1. The molecule has 1 spiro atoms. The average molecular weight is 352 g/mol. The van der Waals surface area contributed by atoms with Crippen molar-refractivity contribution in [2.75, 3.05) is 13.7 Å². The van der Waals surface area contributed by atoms with Crippen LogP contribution in [0.2, 0.25) is 0 Å². The molecule has 1 aromatic carbocycles. The number of ether oxygens (including phenoxy) is 1. The smallest absolute Gasteiger partial charge is 0.119 e. The van der Waals surface area contributed by atoms with Crippen LogP contribution < -0.4 is 10.1 Å². The van der Waals surface area contributed by atoms with Gasteiger partial charge in [-0.15, -0.1) is 0 Å². The lowest BCUT2D eigenvalue weighted by molar-refractivity contribution is 0.0382. The molecular weight excluding hydrogens is 318 g/mol. The summed E-state index contributed by atoms with van der Waals surface area (Å²) >= 11 is 0. The Kier molecular flexibility index (Phi) is 3.64. The van der Waals surface area contributed by atoms with E-state index in [0.29, 0.717) is 11.5 Å². The Balaban J connectivity index is 1.62. The van der Waals surface area contributed by atoms with Crippen molar-refractivity contribution in [1.29, 1.82) is 0 Å². The van der Waals surface area contributed by atoms with Gasteiger partial charge in [0.05, 0.1) is 7.11 Å². The van der Waals surface area contributed by atoms with E-state index in [4.69, 9.17) is 4.74 Å². The van der Waals surface area contributed by atoms with Gasteiger partial charge >= 0.3 is 0 Å². The average Bonchev–Trinajstić information content (AvgIpc) is 3.46. The van der Waals surface area contributed by atoms with Crippen LogP contribution in [0.25, 0.3) is 0 Å². The molecule has 0 heterocycles. The fourth-order valence-electron chi connectivity index (χ4n) is 6.96. The Hall–Kier alpha value is -1.28. The van der Waals surface area contributed by atoms with Crippen LogP contribution in [0.5, 0.6) is 5.75 Å². The minimum absolute atomic E-state index is 0.242. The lowest BCUT2D eigenvalue weighted by atomic mass is 9.46. The third-order valence-electron chi connectivity index (χ3n) is 8.71. The van der Waals surface area contributed by atoms with E-state index in [-0.39, 0.29) is 5.41 Å². The van der Waals surface area contributed by atoms with Crippen molar-refractivity contribution in [3.8, 4) is 5.75 Å². The predicted molar refractivity (Wildman–Crippen MR) is 107 cm³/mol. The molecule has 4 aliphatic rings. The van der Waals surface area contributed by atoms with Crippen LogP contribution in [0.4, 0.5) is 0 Å². The van der Waals surface area contributed by atoms with Gasteiger partial charge in [-0.3, -0.25) is 0 Å². The molecule has 0 radical (unpaired) electrons. The van der Waals surface area contributed by atoms with Gasteiger partial charge in [0.25, 0.3) is 0 Å². The normalized spacial score (nSPS) is 38.2. The van der Waals surface area contributed by atoms with Crippen LogP contribution >= 0.6 is 0 Å². The maximum absolute atomic E-state index is 5.52. The van der Waals surface area contributed by atoms with E-state index in [0.717, 1.165) is 17.6 Å². The van der Waals surface area contributed by atoms with Crippen LogP contribution in [0.1, 0.15) is 64.0 Å². The molecular formula is C24H33NO. The van der Waals surface area contributed by atoms with Crippen LogP contribution in [-0.4, -0.2) is 19.7 Å². The molecule has 4 aliphatic carbocycles. The number of aryl methyl sites for hydroxylation is 1. The molecule has 0 saturated heterocycles. The summed E-state index contributed by atoms with van der Waals surface area (Å²) in [6.45, 7) is 8.69. The van der Waals surface area contributed by atoms with E-state index in [2.05, 4.69) is 44.3 Å². The Labute approximate surface area is 158 Å². The van der Waals surface area contributed by atoms with Crippen molar-refractivity contribution in [3.05, 3.63) is 40.5 Å². The quantitative estimate of drug-likeness (QED) is 0.770. The van der Waals surface area contributed by atoms with E-state index in [1.54, 1.807) is 23.8 Å². The summed E-state index contributed by atoms with van der Waals surface area (Å²) < 4.78 is 5.52. The van der Waals surface area contributed by atoms with Crippen molar-refractivity contribution >= 4 is 0 Å². The topological polar surface area (TPSA) is 21.3 Å². The summed E-state index contributed by atoms with van der Waals surface area (Å²) in [5.41, 5.74) is 7.06. The van der Waals surface area contributed by atoms with Gasteiger partial charge < -0.3 is 10.1 Å². The molecule has 0 unspecified atom stereocenters. The number of hydrogen-bond acceptors (Lipinski definition) is 2. The summed E-state index contributed by atoms with van der Waals surface area (Å²) in [4.78, 5) is 0. The van der Waals surface area contributed by atoms with Gasteiger partial charge in [-0.05, 0) is 94.0 Å². The largest absolute Gasteiger partial charge is 0.497 e. The summed E-state index contributed by atoms with van der Waals surface area (Å²) in [7, 11) is 1.78. The van der Waals surface area contributed by atoms with Gasteiger partial charge in [-0.1, -0.05) is 24.1 Å². The molecule has 0 amide bonds. The molecule has 2 heteroatoms. The minimum atomic E-state index is 0.242. The number of benzene rings is 1. The van der Waals surface area contributed by atoms with Crippen molar-refractivity contribution in [3.63, 3.8) is 0 Å². The maximum atomic E-state index is 5.52. The molecule has 0 aromatic heterocycles. The van der Waals surface area contributed by atoms with Crippen molar-refractivity contribution in [2.45, 2.75) is 70.8 Å². The molecule has 4 atom stereocenters. The van der Waals surface area contributed by atoms with Gasteiger partial charge in [-0.25, -0.2) is 0 Å². The SMILES string of the molecule is COc1ccc2c(c1)CC[C@@]13C(C)=C(C)[C@@H](CC[C@@]21C)[C@H]3NCC1CC1. The van der Waals surface area contributed by atoms with E-state index in [1.165, 1.54) is 50.6 Å². The van der Waals surface area contributed by atoms with Crippen LogP contribution in [0.3, 0.4) is 0 Å². The number of fused-ring (bicyclic) bond motifs is 3. The molecule has 1 N–H and O–H groups in total. The zero-order valence-corrected chi connectivity index (χ0v) is 16.8. The van der Waals surface area contributed by atoms with Gasteiger partial charge in [0, 0.05) is 16.9 Å². The zero-order chi connectivity index (χ0) is 18.1. The summed E-state index contributed by atoms with van der Waals surface area (Å²) in [5, 5.41) is 4.11. The van der Waals surface area contributed by atoms with Crippen LogP contribution in [-0.2, 0) is 11.8 Å². The first-order valence-corrected chi connectivity index (χ1v) is 10.6. The highest BCUT2D eigenvalue weighted by Gasteiger charge is 2.64. The fraction of sp³-hybridized carbons (Fsp3) is 0.667. The number of nitrogens with one attached hydrogen (secondary N) is 1. The van der Waals surface area contributed by atoms with Crippen LogP contribution in [0.15, 0.2) is 29.3 Å². The first-order valence-electron chi connectivity index (χ1n) is 10.6. The van der Waals surface area contributed by atoms with E-state index in [1.807, 2.05) is 0 Å². The Morgan fingerprint density at radius 2 is 1.96 bits per heavy atom. The summed E-state index contributed by atoms with van der Waals surface area (Å²) in [6.07, 6.45) is 7.97. The van der Waals surface area contributed by atoms with Gasteiger partial charge in [0.1, 0.15) is 5.75 Å². The lowest BCUT2D eigenvalue weighted by Gasteiger charge is -2.59. The molecule has 2 bridgehead atoms. The van der Waals surface area contributed by atoms with Gasteiger partial charge in [0.15, 0.2) is 0 Å². The van der Waals surface area contributed by atoms with Crippen molar-refractivity contribution in [1.82, 2.24) is 5.32 Å². The highest BCUT2D eigenvalue weighted by atomic mass is 16.5. The third kappa shape index (κ3) is 2.03. The Bertz CT molecular complexity index is 776. The number of methoxy groups -OCH3 is 1. The van der Waals surface area contributed by atoms with Gasteiger partial charge in [0.2, 0.25) is 0 Å². The second-order valence-corrected chi connectivity index (χ2v) is 9.61. The first-order chi connectivity index (χ1) is 12.5. The second-order valence-electron chi connectivity index (χ2n) is 9.61. The first kappa shape index (κ1) is 16.9. The van der Waals surface area contributed by atoms with Crippen LogP contribution in [0, 0.1) is 17.3 Å². The Morgan fingerprint density at radius 1 is 1.15 bits per heavy atom. The van der Waals surface area contributed by atoms with E-state index in [9.17, 15) is 0 Å². The molecule has 1 aromatic rings. The summed E-state index contributed by atoms with van der Waals surface area (Å²) in [6, 6.07) is 7.50. The highest BCUT2D eigenvalue weighted by Crippen LogP contribution is 2.67. The van der Waals surface area contributed by atoms with Crippen molar-refractivity contribution in [2.24, 2.45) is 17.3 Å². The third-order valence-corrected chi connectivity index (χ3v) is 8.71. The molecule has 2 saturated carbocycles. The zero-order valence-electron chi connectivity index (χ0n) is 16.8. The van der Waals surface area contributed by atoms with E-state index >= 15 is 0 Å². The fourth-order valence-corrected chi connectivity index (χ4v) is 6.96. The standard InChI is InChI=1S/C24H33NO/c1-15-16(2)24-12-9-18-13-19(26-4)7-8-21(18)23(24,3)11-10-20(15)22(24)25-14-17-5-6-17/h7-8,13,17,20,22,25H,5-6,9-12,14H2,1-4H3/t20-,22-,23+,24+/m1/s1. The lowest BCUT2D eigenvalue weighted by Crippen LogP contribution is -2.61. The molecule has 2 fully saturated rings. The molecule has 26 heavy (non-hydrogen) atoms. The summed E-state index contributed by atoms with van der Waals surface area (Å²) in [5.74, 6) is 2.71. The Morgan fingerprint density at radius 3 is 2.69 bits per heavy atom. The monoisotopic (exact) mass is 351 g/mol. The molecule has 0 aliphatic heterocycles. The molecule has 2 nitrogen and oxygen atoms in total. The predicted octanol–water partition coefficient (Wildman–Crippen LogP) is 5.01. The second kappa shape index (κ2) is 5.61. The maximum Gasteiger partial charge on any atom is 0.119 e. The molecule has 5 rings (SSSR count). The van der Waals surface area contributed by atoms with Crippen molar-refractivity contribution < 1.29 is 4.74 Å². The molecule has 140 valence electrons. The highest BCUT2D eigenvalue weighted by molar-refractivity contribution is 5.51. The van der Waals surface area contributed by atoms with E-state index < -0.39 is 0 Å². The van der Waals surface area contributed by atoms with Gasteiger partial charge in [-0.2, -0.15) is 0 Å².